The van der Waals surface area contributed by atoms with E-state index in [9.17, 15) is 4.79 Å². The number of nitrogens with zero attached hydrogens (tertiary/aromatic N) is 2. The zero-order valence-electron chi connectivity index (χ0n) is 15.1. The lowest BCUT2D eigenvalue weighted by atomic mass is 9.94. The standard InChI is InChI=1S/C20H27N3OS/c1-15-21-13-19(25-15)20(24)22-12-16-8-6-7-9-17(16)14-23(2)18-10-4-3-5-11-18/h6-9,13,18H,3-5,10-12,14H2,1-2H3,(H,22,24). The molecule has 0 saturated heterocycles. The second-order valence-corrected chi connectivity index (χ2v) is 8.14. The Morgan fingerprint density at radius 1 is 1.24 bits per heavy atom. The van der Waals surface area contributed by atoms with Gasteiger partial charge in [-0.3, -0.25) is 9.69 Å². The number of thiazole rings is 1. The predicted octanol–water partition coefficient (Wildman–Crippen LogP) is 4.15. The number of aromatic nitrogens is 1. The number of carbonyl (C=O) groups excluding carboxylic acids is 1. The van der Waals surface area contributed by atoms with E-state index in [0.29, 0.717) is 17.5 Å². The monoisotopic (exact) mass is 357 g/mol. The van der Waals surface area contributed by atoms with E-state index in [1.807, 2.05) is 13.0 Å². The van der Waals surface area contributed by atoms with E-state index in [-0.39, 0.29) is 5.91 Å². The average Bonchev–Trinajstić information content (AvgIpc) is 3.08. The molecule has 4 nitrogen and oxygen atoms in total. The first-order chi connectivity index (χ1) is 12.1. The van der Waals surface area contributed by atoms with Crippen LogP contribution in [0.1, 0.15) is 57.9 Å². The normalized spacial score (nSPS) is 15.5. The van der Waals surface area contributed by atoms with Gasteiger partial charge in [-0.2, -0.15) is 0 Å². The maximum Gasteiger partial charge on any atom is 0.263 e. The lowest BCUT2D eigenvalue weighted by molar-refractivity contribution is 0.0954. The van der Waals surface area contributed by atoms with Gasteiger partial charge in [0.05, 0.1) is 11.2 Å². The van der Waals surface area contributed by atoms with Crippen LogP contribution in [0.2, 0.25) is 0 Å². The highest BCUT2D eigenvalue weighted by Gasteiger charge is 2.19. The minimum absolute atomic E-state index is 0.0407. The molecular weight excluding hydrogens is 330 g/mol. The summed E-state index contributed by atoms with van der Waals surface area (Å²) in [6.45, 7) is 3.42. The Kier molecular flexibility index (Phi) is 6.21. The van der Waals surface area contributed by atoms with Gasteiger partial charge in [0.25, 0.3) is 5.91 Å². The third-order valence-corrected chi connectivity index (χ3v) is 5.93. The van der Waals surface area contributed by atoms with Gasteiger partial charge in [0, 0.05) is 19.1 Å². The summed E-state index contributed by atoms with van der Waals surface area (Å²) in [6, 6.07) is 9.11. The summed E-state index contributed by atoms with van der Waals surface area (Å²) in [4.78, 5) is 19.6. The quantitative estimate of drug-likeness (QED) is 0.845. The zero-order valence-corrected chi connectivity index (χ0v) is 15.9. The molecule has 0 bridgehead atoms. The number of hydrogen-bond acceptors (Lipinski definition) is 4. The Bertz CT molecular complexity index is 706. The molecule has 1 amide bonds. The third kappa shape index (κ3) is 4.89. The number of carbonyl (C=O) groups is 1. The van der Waals surface area contributed by atoms with E-state index in [2.05, 4.69) is 40.4 Å². The van der Waals surface area contributed by atoms with E-state index < -0.39 is 0 Å². The van der Waals surface area contributed by atoms with Crippen molar-refractivity contribution in [1.82, 2.24) is 15.2 Å². The Labute approximate surface area is 154 Å². The van der Waals surface area contributed by atoms with Crippen LogP contribution < -0.4 is 5.32 Å². The molecule has 0 radical (unpaired) electrons. The fraction of sp³-hybridized carbons (Fsp3) is 0.500. The first-order valence-electron chi connectivity index (χ1n) is 9.11. The summed E-state index contributed by atoms with van der Waals surface area (Å²) in [7, 11) is 2.23. The zero-order chi connectivity index (χ0) is 17.6. The third-order valence-electron chi connectivity index (χ3n) is 5.02. The molecule has 0 unspecified atom stereocenters. The molecule has 1 aliphatic carbocycles. The molecule has 3 rings (SSSR count). The minimum atomic E-state index is -0.0407. The van der Waals surface area contributed by atoms with E-state index >= 15 is 0 Å². The number of hydrogen-bond donors (Lipinski definition) is 1. The van der Waals surface area contributed by atoms with Crippen molar-refractivity contribution in [3.8, 4) is 0 Å². The molecule has 134 valence electrons. The van der Waals surface area contributed by atoms with Gasteiger partial charge in [-0.25, -0.2) is 4.98 Å². The first-order valence-corrected chi connectivity index (χ1v) is 9.93. The molecular formula is C20H27N3OS. The number of amides is 1. The van der Waals surface area contributed by atoms with Crippen LogP contribution in [0.5, 0.6) is 0 Å². The van der Waals surface area contributed by atoms with Gasteiger partial charge >= 0.3 is 0 Å². The van der Waals surface area contributed by atoms with Gasteiger partial charge in [-0.15, -0.1) is 11.3 Å². The van der Waals surface area contributed by atoms with Crippen molar-refractivity contribution in [3.63, 3.8) is 0 Å². The summed E-state index contributed by atoms with van der Waals surface area (Å²) in [6.07, 6.45) is 8.34. The lowest BCUT2D eigenvalue weighted by Gasteiger charge is -2.31. The number of benzene rings is 1. The van der Waals surface area contributed by atoms with Crippen LogP contribution in [0, 0.1) is 6.92 Å². The molecule has 5 heteroatoms. The van der Waals surface area contributed by atoms with Crippen LogP contribution in [-0.2, 0) is 13.1 Å². The van der Waals surface area contributed by atoms with Gasteiger partial charge in [0.2, 0.25) is 0 Å². The second kappa shape index (κ2) is 8.59. The van der Waals surface area contributed by atoms with Crippen molar-refractivity contribution in [3.05, 3.63) is 51.5 Å². The Morgan fingerprint density at radius 2 is 1.96 bits per heavy atom. The summed E-state index contributed by atoms with van der Waals surface area (Å²) < 4.78 is 0. The molecule has 1 aromatic carbocycles. The van der Waals surface area contributed by atoms with E-state index in [1.165, 1.54) is 54.6 Å². The topological polar surface area (TPSA) is 45.2 Å². The SMILES string of the molecule is Cc1ncc(C(=O)NCc2ccccc2CN(C)C2CCCCC2)s1. The summed E-state index contributed by atoms with van der Waals surface area (Å²) in [5.74, 6) is -0.0407. The average molecular weight is 358 g/mol. The fourth-order valence-corrected chi connectivity index (χ4v) is 4.23. The van der Waals surface area contributed by atoms with E-state index in [4.69, 9.17) is 0 Å². The first kappa shape index (κ1) is 18.1. The van der Waals surface area contributed by atoms with Gasteiger partial charge in [-0.05, 0) is 37.9 Å². The molecule has 25 heavy (non-hydrogen) atoms. The lowest BCUT2D eigenvalue weighted by Crippen LogP contribution is -2.33. The smallest absolute Gasteiger partial charge is 0.263 e. The van der Waals surface area contributed by atoms with Gasteiger partial charge < -0.3 is 5.32 Å². The Hall–Kier alpha value is -1.72. The van der Waals surface area contributed by atoms with Gasteiger partial charge in [-0.1, -0.05) is 43.5 Å². The summed E-state index contributed by atoms with van der Waals surface area (Å²) in [5.41, 5.74) is 2.50. The minimum Gasteiger partial charge on any atom is -0.347 e. The van der Waals surface area contributed by atoms with Crippen LogP contribution in [0.3, 0.4) is 0 Å². The molecule has 1 heterocycles. The van der Waals surface area contributed by atoms with Gasteiger partial charge in [0.1, 0.15) is 4.88 Å². The number of rotatable bonds is 6. The second-order valence-electron chi connectivity index (χ2n) is 6.90. The molecule has 0 spiro atoms. The number of nitrogens with one attached hydrogen (secondary N) is 1. The molecule has 1 saturated carbocycles. The summed E-state index contributed by atoms with van der Waals surface area (Å²) in [5, 5.41) is 3.95. The largest absolute Gasteiger partial charge is 0.347 e. The van der Waals surface area contributed by atoms with Gasteiger partial charge in [0.15, 0.2) is 0 Å². The highest BCUT2D eigenvalue weighted by Crippen LogP contribution is 2.23. The van der Waals surface area contributed by atoms with Crippen molar-refractivity contribution >= 4 is 17.2 Å². The van der Waals surface area contributed by atoms with Crippen molar-refractivity contribution < 1.29 is 4.79 Å². The van der Waals surface area contributed by atoms with E-state index in [0.717, 1.165) is 11.6 Å². The predicted molar refractivity (Wildman–Crippen MR) is 103 cm³/mol. The number of aryl methyl sites for hydroxylation is 1. The Balaban J connectivity index is 1.61. The highest BCUT2D eigenvalue weighted by atomic mass is 32.1. The molecule has 2 aromatic rings. The molecule has 0 atom stereocenters. The maximum absolute atomic E-state index is 12.3. The maximum atomic E-state index is 12.3. The molecule has 1 N–H and O–H groups in total. The van der Waals surface area contributed by atoms with E-state index in [1.54, 1.807) is 6.20 Å². The molecule has 1 aliphatic rings. The molecule has 1 aromatic heterocycles. The molecule has 0 aliphatic heterocycles. The van der Waals surface area contributed by atoms with Crippen LogP contribution in [0.25, 0.3) is 0 Å². The van der Waals surface area contributed by atoms with Crippen molar-refractivity contribution in [2.24, 2.45) is 0 Å². The van der Waals surface area contributed by atoms with Crippen LogP contribution in [0.4, 0.5) is 0 Å². The summed E-state index contributed by atoms with van der Waals surface area (Å²) >= 11 is 1.43. The van der Waals surface area contributed by atoms with Crippen LogP contribution in [-0.4, -0.2) is 28.9 Å². The fourth-order valence-electron chi connectivity index (χ4n) is 3.53. The van der Waals surface area contributed by atoms with Crippen molar-refractivity contribution in [2.75, 3.05) is 7.05 Å². The van der Waals surface area contributed by atoms with Crippen LogP contribution >= 0.6 is 11.3 Å². The highest BCUT2D eigenvalue weighted by molar-refractivity contribution is 7.13. The molecule has 1 fully saturated rings. The van der Waals surface area contributed by atoms with Crippen LogP contribution in [0.15, 0.2) is 30.5 Å². The van der Waals surface area contributed by atoms with Crippen molar-refractivity contribution in [2.45, 2.75) is 58.2 Å². The Morgan fingerprint density at radius 3 is 2.64 bits per heavy atom. The van der Waals surface area contributed by atoms with Crippen molar-refractivity contribution in [1.29, 1.82) is 0 Å².